The van der Waals surface area contributed by atoms with Crippen LogP contribution in [0.15, 0.2) is 24.5 Å². The fraction of sp³-hybridized carbons (Fsp3) is 0.125. The highest BCUT2D eigenvalue weighted by Gasteiger charge is 2.01. The highest BCUT2D eigenvalue weighted by Crippen LogP contribution is 2.01. The number of nitrogens with one attached hydrogen (secondary N) is 2. The van der Waals surface area contributed by atoms with Crippen LogP contribution in [0.1, 0.15) is 0 Å². The third-order valence-electron chi connectivity index (χ3n) is 1.36. The summed E-state index contributed by atoms with van der Waals surface area (Å²) >= 11 is 0. The number of amides is 3. The largest absolute Gasteiger partial charge is 0.368 e. The molecule has 3 amide bonds. The maximum absolute atomic E-state index is 11.1. The van der Waals surface area contributed by atoms with E-state index in [1.165, 1.54) is 0 Å². The van der Waals surface area contributed by atoms with Crippen molar-refractivity contribution in [2.24, 2.45) is 5.73 Å². The van der Waals surface area contributed by atoms with Crippen LogP contribution in [0.3, 0.4) is 0 Å². The molecule has 14 heavy (non-hydrogen) atoms. The first kappa shape index (κ1) is 9.97. The van der Waals surface area contributed by atoms with Crippen LogP contribution in [-0.2, 0) is 4.79 Å². The predicted octanol–water partition coefficient (Wildman–Crippen LogP) is -0.312. The second kappa shape index (κ2) is 4.80. The summed E-state index contributed by atoms with van der Waals surface area (Å²) < 4.78 is 0. The zero-order valence-electron chi connectivity index (χ0n) is 7.36. The Morgan fingerprint density at radius 2 is 2.00 bits per heavy atom. The van der Waals surface area contributed by atoms with Gasteiger partial charge in [-0.3, -0.25) is 9.78 Å². The Hall–Kier alpha value is -2.11. The molecule has 1 aromatic rings. The standard InChI is InChI=1S/C8H10N4O2/c9-7(13)5-11-8(14)12-6-1-3-10-4-2-6/h1-4H,5H2,(H2,9,13)(H2,10,11,12,14). The second-order valence-electron chi connectivity index (χ2n) is 2.51. The molecule has 1 heterocycles. The van der Waals surface area contributed by atoms with Crippen molar-refractivity contribution in [2.45, 2.75) is 0 Å². The van der Waals surface area contributed by atoms with Crippen LogP contribution in [0.2, 0.25) is 0 Å². The molecule has 6 heteroatoms. The molecule has 0 saturated carbocycles. The van der Waals surface area contributed by atoms with Gasteiger partial charge in [0.15, 0.2) is 0 Å². The van der Waals surface area contributed by atoms with E-state index in [1.807, 2.05) is 0 Å². The first-order valence-corrected chi connectivity index (χ1v) is 3.91. The van der Waals surface area contributed by atoms with Gasteiger partial charge in [0.2, 0.25) is 5.91 Å². The van der Waals surface area contributed by atoms with Gasteiger partial charge >= 0.3 is 6.03 Å². The first-order chi connectivity index (χ1) is 6.68. The molecule has 1 rings (SSSR count). The lowest BCUT2D eigenvalue weighted by Crippen LogP contribution is -2.36. The van der Waals surface area contributed by atoms with E-state index in [-0.39, 0.29) is 6.54 Å². The van der Waals surface area contributed by atoms with Crippen molar-refractivity contribution in [3.8, 4) is 0 Å². The number of aromatic nitrogens is 1. The van der Waals surface area contributed by atoms with Gasteiger partial charge in [-0.25, -0.2) is 4.79 Å². The lowest BCUT2D eigenvalue weighted by molar-refractivity contribution is -0.117. The molecule has 0 radical (unpaired) electrons. The normalized spacial score (nSPS) is 9.14. The smallest absolute Gasteiger partial charge is 0.319 e. The monoisotopic (exact) mass is 194 g/mol. The summed E-state index contributed by atoms with van der Waals surface area (Å²) in [5.41, 5.74) is 5.44. The van der Waals surface area contributed by atoms with Crippen molar-refractivity contribution >= 4 is 17.6 Å². The van der Waals surface area contributed by atoms with Crippen molar-refractivity contribution < 1.29 is 9.59 Å². The number of carbonyl (C=O) groups excluding carboxylic acids is 2. The number of pyridine rings is 1. The molecular weight excluding hydrogens is 184 g/mol. The van der Waals surface area contributed by atoms with Crippen LogP contribution in [-0.4, -0.2) is 23.5 Å². The van der Waals surface area contributed by atoms with Crippen LogP contribution in [0, 0.1) is 0 Å². The van der Waals surface area contributed by atoms with Crippen molar-refractivity contribution in [3.05, 3.63) is 24.5 Å². The molecule has 0 bridgehead atoms. The minimum absolute atomic E-state index is 0.184. The van der Waals surface area contributed by atoms with Crippen molar-refractivity contribution in [1.29, 1.82) is 0 Å². The van der Waals surface area contributed by atoms with E-state index in [9.17, 15) is 9.59 Å². The van der Waals surface area contributed by atoms with E-state index in [1.54, 1.807) is 24.5 Å². The van der Waals surface area contributed by atoms with Crippen LogP contribution in [0.4, 0.5) is 10.5 Å². The summed E-state index contributed by atoms with van der Waals surface area (Å²) in [5, 5.41) is 4.79. The second-order valence-corrected chi connectivity index (χ2v) is 2.51. The Kier molecular flexibility index (Phi) is 3.42. The van der Waals surface area contributed by atoms with Crippen molar-refractivity contribution in [2.75, 3.05) is 11.9 Å². The average Bonchev–Trinajstić information content (AvgIpc) is 2.16. The number of urea groups is 1. The van der Waals surface area contributed by atoms with Gasteiger partial charge in [-0.05, 0) is 12.1 Å². The fourth-order valence-electron chi connectivity index (χ4n) is 0.778. The van der Waals surface area contributed by atoms with Crippen molar-refractivity contribution in [1.82, 2.24) is 10.3 Å². The highest BCUT2D eigenvalue weighted by atomic mass is 16.2. The Balaban J connectivity index is 2.38. The Bertz CT molecular complexity index is 325. The topological polar surface area (TPSA) is 97.1 Å². The van der Waals surface area contributed by atoms with Crippen molar-refractivity contribution in [3.63, 3.8) is 0 Å². The van der Waals surface area contributed by atoms with Gasteiger partial charge in [0.1, 0.15) is 0 Å². The lowest BCUT2D eigenvalue weighted by Gasteiger charge is -2.04. The highest BCUT2D eigenvalue weighted by molar-refractivity contribution is 5.91. The Labute approximate surface area is 80.5 Å². The molecule has 0 unspecified atom stereocenters. The van der Waals surface area contributed by atoms with E-state index in [0.717, 1.165) is 0 Å². The number of rotatable bonds is 3. The van der Waals surface area contributed by atoms with E-state index >= 15 is 0 Å². The van der Waals surface area contributed by atoms with Gasteiger partial charge < -0.3 is 16.4 Å². The summed E-state index contributed by atoms with van der Waals surface area (Å²) in [6.07, 6.45) is 3.09. The third kappa shape index (κ3) is 3.53. The zero-order valence-corrected chi connectivity index (χ0v) is 7.36. The van der Waals surface area contributed by atoms with E-state index < -0.39 is 11.9 Å². The number of hydrogen-bond acceptors (Lipinski definition) is 3. The van der Waals surface area contributed by atoms with Gasteiger partial charge in [0, 0.05) is 18.1 Å². The van der Waals surface area contributed by atoms with Gasteiger partial charge in [-0.2, -0.15) is 0 Å². The maximum atomic E-state index is 11.1. The van der Waals surface area contributed by atoms with Gasteiger partial charge in [0.05, 0.1) is 6.54 Å². The minimum Gasteiger partial charge on any atom is -0.368 e. The van der Waals surface area contributed by atoms with Gasteiger partial charge in [-0.15, -0.1) is 0 Å². The summed E-state index contributed by atoms with van der Waals surface area (Å²) in [6.45, 7) is -0.184. The average molecular weight is 194 g/mol. The summed E-state index contributed by atoms with van der Waals surface area (Å²) in [4.78, 5) is 25.2. The molecule has 0 fully saturated rings. The number of carbonyl (C=O) groups is 2. The number of nitrogens with two attached hydrogens (primary N) is 1. The Morgan fingerprint density at radius 1 is 1.36 bits per heavy atom. The molecule has 0 spiro atoms. The molecule has 0 aromatic carbocycles. The summed E-state index contributed by atoms with van der Waals surface area (Å²) in [7, 11) is 0. The van der Waals surface area contributed by atoms with Crippen LogP contribution in [0.5, 0.6) is 0 Å². The molecule has 74 valence electrons. The van der Waals surface area contributed by atoms with E-state index in [2.05, 4.69) is 15.6 Å². The molecule has 0 aliphatic heterocycles. The molecule has 6 nitrogen and oxygen atoms in total. The lowest BCUT2D eigenvalue weighted by atomic mass is 10.4. The third-order valence-corrected chi connectivity index (χ3v) is 1.36. The minimum atomic E-state index is -0.588. The molecule has 0 atom stereocenters. The van der Waals surface area contributed by atoms with Gasteiger partial charge in [0.25, 0.3) is 0 Å². The molecule has 1 aromatic heterocycles. The maximum Gasteiger partial charge on any atom is 0.319 e. The molecule has 4 N–H and O–H groups in total. The van der Waals surface area contributed by atoms with E-state index in [0.29, 0.717) is 5.69 Å². The molecule has 0 aliphatic rings. The van der Waals surface area contributed by atoms with Crippen LogP contribution in [0.25, 0.3) is 0 Å². The van der Waals surface area contributed by atoms with Gasteiger partial charge in [-0.1, -0.05) is 0 Å². The molecule has 0 aliphatic carbocycles. The number of anilines is 1. The fourth-order valence-corrected chi connectivity index (χ4v) is 0.778. The SMILES string of the molecule is NC(=O)CNC(=O)Nc1ccncc1. The summed E-state index contributed by atoms with van der Waals surface area (Å²) in [5.74, 6) is -0.588. The van der Waals surface area contributed by atoms with Crippen LogP contribution < -0.4 is 16.4 Å². The predicted molar refractivity (Wildman–Crippen MR) is 50.5 cm³/mol. The molecular formula is C8H10N4O2. The number of hydrogen-bond donors (Lipinski definition) is 3. The number of nitrogens with zero attached hydrogens (tertiary/aromatic N) is 1. The summed E-state index contributed by atoms with van der Waals surface area (Å²) in [6, 6.07) is 2.78. The van der Waals surface area contributed by atoms with E-state index in [4.69, 9.17) is 5.73 Å². The quantitative estimate of drug-likeness (QED) is 0.615. The molecule has 0 saturated heterocycles. The first-order valence-electron chi connectivity index (χ1n) is 3.91. The number of primary amides is 1. The Morgan fingerprint density at radius 3 is 2.57 bits per heavy atom. The zero-order chi connectivity index (χ0) is 10.4. The van der Waals surface area contributed by atoms with Crippen LogP contribution >= 0.6 is 0 Å².